The lowest BCUT2D eigenvalue weighted by Gasteiger charge is -2.08. The van der Waals surface area contributed by atoms with Crippen molar-refractivity contribution in [3.05, 3.63) is 77.8 Å². The number of carbonyl (C=O) groups excluding carboxylic acids is 2. The minimum atomic E-state index is -0.521. The number of amides is 2. The smallest absolute Gasteiger partial charge is 0.305 e. The van der Waals surface area contributed by atoms with Crippen molar-refractivity contribution in [1.82, 2.24) is 15.8 Å². The zero-order valence-electron chi connectivity index (χ0n) is 13.9. The van der Waals surface area contributed by atoms with Gasteiger partial charge in [0.1, 0.15) is 11.3 Å². The third-order valence-electron chi connectivity index (χ3n) is 4.23. The number of hydrogen-bond donors (Lipinski definition) is 2. The van der Waals surface area contributed by atoms with Gasteiger partial charge < -0.3 is 4.42 Å². The molecular weight excluding hydrogens is 330 g/mol. The first-order valence-electron chi connectivity index (χ1n) is 8.08. The van der Waals surface area contributed by atoms with Gasteiger partial charge in [0.15, 0.2) is 5.76 Å². The normalized spacial score (nSPS) is 10.8. The lowest BCUT2D eigenvalue weighted by molar-refractivity contribution is 0.0830. The van der Waals surface area contributed by atoms with E-state index in [2.05, 4.69) is 15.8 Å². The third-order valence-corrected chi connectivity index (χ3v) is 4.23. The molecule has 0 spiro atoms. The molecule has 4 aromatic rings. The predicted octanol–water partition coefficient (Wildman–Crippen LogP) is 3.36. The number of hydrazine groups is 1. The molecule has 128 valence electrons. The molecule has 4 rings (SSSR count). The topological polar surface area (TPSA) is 84.2 Å². The number of fused-ring (bicyclic) bond motifs is 2. The van der Waals surface area contributed by atoms with E-state index in [1.54, 1.807) is 19.2 Å². The average Bonchev–Trinajstić information content (AvgIpc) is 3.02. The molecule has 0 radical (unpaired) electrons. The van der Waals surface area contributed by atoms with Crippen LogP contribution in [0.4, 0.5) is 0 Å². The van der Waals surface area contributed by atoms with E-state index in [1.807, 2.05) is 48.5 Å². The first-order chi connectivity index (χ1) is 12.6. The van der Waals surface area contributed by atoms with E-state index < -0.39 is 11.8 Å². The Kier molecular flexibility index (Phi) is 3.85. The summed E-state index contributed by atoms with van der Waals surface area (Å²) in [6.45, 7) is 1.80. The Morgan fingerprint density at radius 2 is 1.58 bits per heavy atom. The summed E-state index contributed by atoms with van der Waals surface area (Å²) in [6.07, 6.45) is 1.56. The molecule has 0 saturated heterocycles. The van der Waals surface area contributed by atoms with Crippen molar-refractivity contribution in [2.45, 2.75) is 6.92 Å². The Labute approximate surface area is 148 Å². The van der Waals surface area contributed by atoms with Crippen molar-refractivity contribution < 1.29 is 14.0 Å². The molecule has 6 nitrogen and oxygen atoms in total. The van der Waals surface area contributed by atoms with Gasteiger partial charge in [-0.15, -0.1) is 0 Å². The summed E-state index contributed by atoms with van der Waals surface area (Å²) in [5.41, 5.74) is 6.37. The minimum Gasteiger partial charge on any atom is -0.451 e. The number of aryl methyl sites for hydroxylation is 1. The zero-order valence-corrected chi connectivity index (χ0v) is 13.9. The third kappa shape index (κ3) is 2.67. The van der Waals surface area contributed by atoms with E-state index in [4.69, 9.17) is 4.42 Å². The van der Waals surface area contributed by atoms with Crippen LogP contribution in [0.5, 0.6) is 0 Å². The van der Waals surface area contributed by atoms with Crippen LogP contribution >= 0.6 is 0 Å². The molecule has 2 aromatic heterocycles. The van der Waals surface area contributed by atoms with Gasteiger partial charge in [-0.2, -0.15) is 0 Å². The van der Waals surface area contributed by atoms with Crippen molar-refractivity contribution >= 4 is 33.6 Å². The maximum Gasteiger partial charge on any atom is 0.305 e. The molecule has 0 saturated carbocycles. The van der Waals surface area contributed by atoms with Gasteiger partial charge in [-0.25, -0.2) is 0 Å². The van der Waals surface area contributed by atoms with Crippen LogP contribution in [-0.4, -0.2) is 16.8 Å². The van der Waals surface area contributed by atoms with Crippen LogP contribution in [0.1, 0.15) is 26.6 Å². The number of aromatic nitrogens is 1. The number of para-hydroxylation sites is 1. The molecule has 2 amide bonds. The molecule has 2 heterocycles. The number of nitrogens with one attached hydrogen (secondary N) is 2. The van der Waals surface area contributed by atoms with E-state index in [9.17, 15) is 9.59 Å². The summed E-state index contributed by atoms with van der Waals surface area (Å²) >= 11 is 0. The molecule has 26 heavy (non-hydrogen) atoms. The fourth-order valence-electron chi connectivity index (χ4n) is 2.92. The van der Waals surface area contributed by atoms with Gasteiger partial charge >= 0.3 is 5.91 Å². The minimum absolute atomic E-state index is 0.164. The van der Waals surface area contributed by atoms with E-state index in [1.165, 1.54) is 0 Å². The zero-order chi connectivity index (χ0) is 18.1. The van der Waals surface area contributed by atoms with E-state index in [0.29, 0.717) is 11.0 Å². The second-order valence-electron chi connectivity index (χ2n) is 5.84. The molecule has 0 aliphatic rings. The number of nitrogens with zero attached hydrogens (tertiary/aromatic N) is 1. The van der Waals surface area contributed by atoms with Gasteiger partial charge in [-0.1, -0.05) is 42.5 Å². The highest BCUT2D eigenvalue weighted by Crippen LogP contribution is 2.24. The highest BCUT2D eigenvalue weighted by atomic mass is 16.3. The molecule has 0 bridgehead atoms. The van der Waals surface area contributed by atoms with Gasteiger partial charge in [0.05, 0.1) is 0 Å². The van der Waals surface area contributed by atoms with Crippen LogP contribution in [-0.2, 0) is 0 Å². The number of furan rings is 1. The number of benzene rings is 2. The van der Waals surface area contributed by atoms with Crippen molar-refractivity contribution in [3.8, 4) is 0 Å². The molecule has 2 N–H and O–H groups in total. The summed E-state index contributed by atoms with van der Waals surface area (Å²) in [6, 6.07) is 16.6. The highest BCUT2D eigenvalue weighted by molar-refractivity contribution is 6.06. The Bertz CT molecular complexity index is 1140. The summed E-state index contributed by atoms with van der Waals surface area (Å²) < 4.78 is 5.59. The van der Waals surface area contributed by atoms with Gasteiger partial charge in [0.25, 0.3) is 5.91 Å². The molecule has 0 unspecified atom stereocenters. The quantitative estimate of drug-likeness (QED) is 0.546. The second kappa shape index (κ2) is 6.33. The molecular formula is C20H15N3O3. The Morgan fingerprint density at radius 3 is 2.38 bits per heavy atom. The monoisotopic (exact) mass is 345 g/mol. The molecule has 0 atom stereocenters. The molecule has 0 aliphatic carbocycles. The summed E-state index contributed by atoms with van der Waals surface area (Å²) in [7, 11) is 0. The Balaban J connectivity index is 1.55. The van der Waals surface area contributed by atoms with E-state index >= 15 is 0 Å². The van der Waals surface area contributed by atoms with Crippen molar-refractivity contribution in [3.63, 3.8) is 0 Å². The van der Waals surface area contributed by atoms with Crippen LogP contribution in [0.25, 0.3) is 21.7 Å². The number of rotatable bonds is 2. The van der Waals surface area contributed by atoms with Crippen LogP contribution in [0.3, 0.4) is 0 Å². The molecule has 0 fully saturated rings. The first-order valence-corrected chi connectivity index (χ1v) is 8.08. The Morgan fingerprint density at radius 1 is 0.885 bits per heavy atom. The van der Waals surface area contributed by atoms with Gasteiger partial charge in [0.2, 0.25) is 0 Å². The van der Waals surface area contributed by atoms with Crippen LogP contribution in [0.15, 0.2) is 65.2 Å². The van der Waals surface area contributed by atoms with Crippen LogP contribution in [0, 0.1) is 6.92 Å². The van der Waals surface area contributed by atoms with Crippen molar-refractivity contribution in [1.29, 1.82) is 0 Å². The summed E-state index contributed by atoms with van der Waals surface area (Å²) in [5.74, 6) is -0.853. The standard InChI is InChI=1S/C20H15N3O3/c1-12-14-7-4-5-9-16(14)26-18(12)20(25)23-22-19(24)17-15-8-3-2-6-13(15)10-11-21-17/h2-11H,1H3,(H,22,24)(H,23,25). The predicted molar refractivity (Wildman–Crippen MR) is 97.6 cm³/mol. The maximum absolute atomic E-state index is 12.4. The number of hydrogen-bond acceptors (Lipinski definition) is 4. The highest BCUT2D eigenvalue weighted by Gasteiger charge is 2.19. The van der Waals surface area contributed by atoms with E-state index in [-0.39, 0.29) is 11.5 Å². The lowest BCUT2D eigenvalue weighted by atomic mass is 10.1. The fraction of sp³-hybridized carbons (Fsp3) is 0.0500. The molecule has 0 aliphatic heterocycles. The first kappa shape index (κ1) is 15.8. The number of carbonyl (C=O) groups is 2. The SMILES string of the molecule is Cc1c(C(=O)NNC(=O)c2nccc3ccccc23)oc2ccccc12. The maximum atomic E-state index is 12.4. The Hall–Kier alpha value is -3.67. The van der Waals surface area contributed by atoms with Crippen LogP contribution in [0.2, 0.25) is 0 Å². The summed E-state index contributed by atoms with van der Waals surface area (Å²) in [5, 5.41) is 2.47. The lowest BCUT2D eigenvalue weighted by Crippen LogP contribution is -2.42. The van der Waals surface area contributed by atoms with E-state index in [0.717, 1.165) is 16.3 Å². The molecule has 2 aromatic carbocycles. The van der Waals surface area contributed by atoms with Gasteiger partial charge in [-0.3, -0.25) is 25.4 Å². The van der Waals surface area contributed by atoms with Crippen LogP contribution < -0.4 is 10.9 Å². The second-order valence-corrected chi connectivity index (χ2v) is 5.84. The largest absolute Gasteiger partial charge is 0.451 e. The average molecular weight is 345 g/mol. The fourth-order valence-corrected chi connectivity index (χ4v) is 2.92. The van der Waals surface area contributed by atoms with Gasteiger partial charge in [0, 0.05) is 22.5 Å². The van der Waals surface area contributed by atoms with Gasteiger partial charge in [-0.05, 0) is 24.4 Å². The number of pyridine rings is 1. The molecule has 6 heteroatoms. The van der Waals surface area contributed by atoms with Crippen molar-refractivity contribution in [2.24, 2.45) is 0 Å². The summed E-state index contributed by atoms with van der Waals surface area (Å²) in [4.78, 5) is 29.0. The van der Waals surface area contributed by atoms with Crippen molar-refractivity contribution in [2.75, 3.05) is 0 Å².